The van der Waals surface area contributed by atoms with E-state index < -0.39 is 11.9 Å². The number of aromatic nitrogens is 2. The molecule has 2 N–H and O–H groups in total. The Morgan fingerprint density at radius 3 is 2.88 bits per heavy atom. The van der Waals surface area contributed by atoms with Gasteiger partial charge in [-0.3, -0.25) is 0 Å². The molecular formula is C12H18FN3O. The van der Waals surface area contributed by atoms with E-state index in [-0.39, 0.29) is 11.9 Å². The van der Waals surface area contributed by atoms with Gasteiger partial charge in [-0.15, -0.1) is 0 Å². The molecule has 1 aromatic heterocycles. The van der Waals surface area contributed by atoms with Crippen LogP contribution in [-0.4, -0.2) is 27.2 Å². The fraction of sp³-hybridized carbons (Fsp3) is 0.667. The predicted molar refractivity (Wildman–Crippen MR) is 63.2 cm³/mol. The highest BCUT2D eigenvalue weighted by molar-refractivity contribution is 5.38. The highest BCUT2D eigenvalue weighted by Gasteiger charge is 2.23. The summed E-state index contributed by atoms with van der Waals surface area (Å²) < 4.78 is 13.7. The standard InChI is InChI=1S/C12H18FN3O/c1-8-11(13)12(15-7-14-8)16-9-5-3-2-4-6-10(9)17/h7,9-10,17H,2-6H2,1H3,(H,14,15,16). The summed E-state index contributed by atoms with van der Waals surface area (Å²) >= 11 is 0. The first-order chi connectivity index (χ1) is 8.18. The third-order valence-electron chi connectivity index (χ3n) is 3.27. The normalized spacial score (nSPS) is 25.4. The molecule has 0 spiro atoms. The molecule has 2 atom stereocenters. The zero-order chi connectivity index (χ0) is 12.3. The van der Waals surface area contributed by atoms with Gasteiger partial charge in [-0.05, 0) is 19.8 Å². The molecule has 0 radical (unpaired) electrons. The Balaban J connectivity index is 2.10. The highest BCUT2D eigenvalue weighted by atomic mass is 19.1. The molecule has 1 aliphatic rings. The third kappa shape index (κ3) is 2.91. The maximum atomic E-state index is 13.7. The molecule has 17 heavy (non-hydrogen) atoms. The van der Waals surface area contributed by atoms with Gasteiger partial charge in [0.15, 0.2) is 11.6 Å². The van der Waals surface area contributed by atoms with E-state index in [4.69, 9.17) is 0 Å². The minimum atomic E-state index is -0.427. The van der Waals surface area contributed by atoms with Crippen molar-refractivity contribution in [1.82, 2.24) is 9.97 Å². The van der Waals surface area contributed by atoms with Gasteiger partial charge in [-0.25, -0.2) is 14.4 Å². The van der Waals surface area contributed by atoms with Gasteiger partial charge < -0.3 is 10.4 Å². The summed E-state index contributed by atoms with van der Waals surface area (Å²) in [7, 11) is 0. The quantitative estimate of drug-likeness (QED) is 0.775. The van der Waals surface area contributed by atoms with E-state index in [1.165, 1.54) is 6.33 Å². The van der Waals surface area contributed by atoms with Crippen molar-refractivity contribution >= 4 is 5.82 Å². The maximum Gasteiger partial charge on any atom is 0.186 e. The van der Waals surface area contributed by atoms with Crippen LogP contribution in [0.5, 0.6) is 0 Å². The van der Waals surface area contributed by atoms with Crippen molar-refractivity contribution in [2.75, 3.05) is 5.32 Å². The summed E-state index contributed by atoms with van der Waals surface area (Å²) in [4.78, 5) is 7.67. The fourth-order valence-corrected chi connectivity index (χ4v) is 2.19. The van der Waals surface area contributed by atoms with Gasteiger partial charge in [-0.1, -0.05) is 19.3 Å². The SMILES string of the molecule is Cc1ncnc(NC2CCCCCC2O)c1F. The minimum absolute atomic E-state index is 0.110. The summed E-state index contributed by atoms with van der Waals surface area (Å²) in [6.45, 7) is 1.60. The first-order valence-electron chi connectivity index (χ1n) is 6.10. The van der Waals surface area contributed by atoms with Crippen molar-refractivity contribution in [1.29, 1.82) is 0 Å². The van der Waals surface area contributed by atoms with E-state index >= 15 is 0 Å². The highest BCUT2D eigenvalue weighted by Crippen LogP contribution is 2.22. The molecule has 94 valence electrons. The number of hydrogen-bond donors (Lipinski definition) is 2. The summed E-state index contributed by atoms with van der Waals surface area (Å²) in [5.41, 5.74) is 0.325. The van der Waals surface area contributed by atoms with Crippen molar-refractivity contribution in [2.45, 2.75) is 51.2 Å². The monoisotopic (exact) mass is 239 g/mol. The third-order valence-corrected chi connectivity index (χ3v) is 3.27. The fourth-order valence-electron chi connectivity index (χ4n) is 2.19. The smallest absolute Gasteiger partial charge is 0.186 e. The van der Waals surface area contributed by atoms with E-state index in [0.717, 1.165) is 32.1 Å². The van der Waals surface area contributed by atoms with E-state index in [9.17, 15) is 9.50 Å². The molecule has 1 heterocycles. The number of aryl methyl sites for hydroxylation is 1. The van der Waals surface area contributed by atoms with Crippen LogP contribution >= 0.6 is 0 Å². The molecule has 1 aliphatic carbocycles. The topological polar surface area (TPSA) is 58.0 Å². The van der Waals surface area contributed by atoms with Gasteiger partial charge in [0, 0.05) is 0 Å². The summed E-state index contributed by atoms with van der Waals surface area (Å²) in [6.07, 6.45) is 5.75. The molecule has 2 unspecified atom stereocenters. The lowest BCUT2D eigenvalue weighted by Gasteiger charge is -2.22. The molecule has 1 fully saturated rings. The van der Waals surface area contributed by atoms with E-state index in [2.05, 4.69) is 15.3 Å². The van der Waals surface area contributed by atoms with Crippen molar-refractivity contribution in [2.24, 2.45) is 0 Å². The largest absolute Gasteiger partial charge is 0.391 e. The molecule has 2 rings (SSSR count). The van der Waals surface area contributed by atoms with Crippen LogP contribution in [0, 0.1) is 12.7 Å². The van der Waals surface area contributed by atoms with Crippen molar-refractivity contribution in [3.05, 3.63) is 17.8 Å². The van der Waals surface area contributed by atoms with Gasteiger partial charge in [0.2, 0.25) is 0 Å². The lowest BCUT2D eigenvalue weighted by atomic mass is 10.1. The first kappa shape index (κ1) is 12.2. The Kier molecular flexibility index (Phi) is 3.89. The molecule has 0 saturated heterocycles. The van der Waals surface area contributed by atoms with Crippen molar-refractivity contribution < 1.29 is 9.50 Å². The Hall–Kier alpha value is -1.23. The second-order valence-electron chi connectivity index (χ2n) is 4.58. The molecule has 1 saturated carbocycles. The van der Waals surface area contributed by atoms with E-state index in [1.807, 2.05) is 0 Å². The molecule has 0 bridgehead atoms. The number of halogens is 1. The molecule has 1 aromatic rings. The Bertz CT molecular complexity index is 386. The minimum Gasteiger partial charge on any atom is -0.391 e. The lowest BCUT2D eigenvalue weighted by Crippen LogP contribution is -2.33. The van der Waals surface area contributed by atoms with Crippen LogP contribution in [-0.2, 0) is 0 Å². The lowest BCUT2D eigenvalue weighted by molar-refractivity contribution is 0.144. The zero-order valence-electron chi connectivity index (χ0n) is 9.99. The molecule has 4 nitrogen and oxygen atoms in total. The summed E-state index contributed by atoms with van der Waals surface area (Å²) in [6, 6.07) is -0.110. The molecule has 0 aromatic carbocycles. The Morgan fingerprint density at radius 1 is 1.29 bits per heavy atom. The van der Waals surface area contributed by atoms with Gasteiger partial charge in [0.1, 0.15) is 6.33 Å². The van der Waals surface area contributed by atoms with Crippen LogP contribution in [0.4, 0.5) is 10.2 Å². The molecule has 0 amide bonds. The number of nitrogens with one attached hydrogen (secondary N) is 1. The number of aliphatic hydroxyl groups excluding tert-OH is 1. The first-order valence-corrected chi connectivity index (χ1v) is 6.10. The number of nitrogens with zero attached hydrogens (tertiary/aromatic N) is 2. The maximum absolute atomic E-state index is 13.7. The Morgan fingerprint density at radius 2 is 2.06 bits per heavy atom. The number of anilines is 1. The average Bonchev–Trinajstić information content (AvgIpc) is 2.51. The van der Waals surface area contributed by atoms with Gasteiger partial charge in [0.05, 0.1) is 17.8 Å². The van der Waals surface area contributed by atoms with E-state index in [1.54, 1.807) is 6.92 Å². The molecule has 5 heteroatoms. The van der Waals surface area contributed by atoms with Crippen molar-refractivity contribution in [3.63, 3.8) is 0 Å². The van der Waals surface area contributed by atoms with Crippen LogP contribution in [0.3, 0.4) is 0 Å². The van der Waals surface area contributed by atoms with Crippen LogP contribution in [0.1, 0.15) is 37.8 Å². The second-order valence-corrected chi connectivity index (χ2v) is 4.58. The summed E-state index contributed by atoms with van der Waals surface area (Å²) in [5.74, 6) is -0.229. The van der Waals surface area contributed by atoms with Crippen LogP contribution < -0.4 is 5.32 Å². The van der Waals surface area contributed by atoms with Crippen molar-refractivity contribution in [3.8, 4) is 0 Å². The molecular weight excluding hydrogens is 221 g/mol. The van der Waals surface area contributed by atoms with Crippen LogP contribution in [0.25, 0.3) is 0 Å². The second kappa shape index (κ2) is 5.40. The number of hydrogen-bond acceptors (Lipinski definition) is 4. The number of rotatable bonds is 2. The van der Waals surface area contributed by atoms with E-state index in [0.29, 0.717) is 5.69 Å². The molecule has 0 aliphatic heterocycles. The zero-order valence-corrected chi connectivity index (χ0v) is 9.99. The average molecular weight is 239 g/mol. The Labute approximate surface area is 100 Å². The predicted octanol–water partition coefficient (Wildman–Crippen LogP) is 2.03. The van der Waals surface area contributed by atoms with Crippen LogP contribution in [0.2, 0.25) is 0 Å². The van der Waals surface area contributed by atoms with Gasteiger partial charge >= 0.3 is 0 Å². The summed E-state index contributed by atoms with van der Waals surface area (Å²) in [5, 5.41) is 12.9. The van der Waals surface area contributed by atoms with Gasteiger partial charge in [-0.2, -0.15) is 0 Å². The van der Waals surface area contributed by atoms with Crippen LogP contribution in [0.15, 0.2) is 6.33 Å². The number of aliphatic hydroxyl groups is 1. The van der Waals surface area contributed by atoms with Gasteiger partial charge in [0.25, 0.3) is 0 Å².